The summed E-state index contributed by atoms with van der Waals surface area (Å²) in [5, 5.41) is 14.0. The van der Waals surface area contributed by atoms with E-state index in [4.69, 9.17) is 10.8 Å². The highest BCUT2D eigenvalue weighted by Gasteiger charge is 2.04. The zero-order valence-electron chi connectivity index (χ0n) is 8.56. The number of hydrogen-bond acceptors (Lipinski definition) is 4. The number of nitrogens with two attached hydrogens (primary N) is 1. The maximum absolute atomic E-state index is 11.3. The summed E-state index contributed by atoms with van der Waals surface area (Å²) in [6, 6.07) is 6.13. The summed E-state index contributed by atoms with van der Waals surface area (Å²) in [4.78, 5) is 22.1. The molecule has 0 radical (unpaired) electrons. The Bertz CT molecular complexity index is 393. The average Bonchev–Trinajstić information content (AvgIpc) is 2.26. The molecule has 6 heteroatoms. The quantitative estimate of drug-likeness (QED) is 0.547. The second kappa shape index (κ2) is 5.72. The maximum atomic E-state index is 11.3. The van der Waals surface area contributed by atoms with Gasteiger partial charge in [0.05, 0.1) is 13.1 Å². The number of phenols is 1. The van der Waals surface area contributed by atoms with Gasteiger partial charge in [-0.2, -0.15) is 0 Å². The third kappa shape index (κ3) is 3.97. The molecule has 1 aromatic rings. The Kier molecular flexibility index (Phi) is 4.28. The topological polar surface area (TPSA) is 104 Å². The van der Waals surface area contributed by atoms with E-state index in [2.05, 4.69) is 10.6 Å². The second-order valence-corrected chi connectivity index (χ2v) is 3.08. The Labute approximate surface area is 92.4 Å². The number of amides is 2. The summed E-state index contributed by atoms with van der Waals surface area (Å²) in [6.45, 7) is -0.301. The fourth-order valence-electron chi connectivity index (χ4n) is 1.04. The third-order valence-corrected chi connectivity index (χ3v) is 1.76. The zero-order valence-corrected chi connectivity index (χ0v) is 8.56. The molecule has 0 bridgehead atoms. The van der Waals surface area contributed by atoms with Crippen LogP contribution >= 0.6 is 0 Å². The first-order valence-electron chi connectivity index (χ1n) is 4.67. The predicted octanol–water partition coefficient (Wildman–Crippen LogP) is -0.594. The van der Waals surface area contributed by atoms with Gasteiger partial charge in [0, 0.05) is 11.8 Å². The Hall–Kier alpha value is -2.08. The number of nitrogens with one attached hydrogen (secondary N) is 2. The molecular formula is C10H13N3O3. The van der Waals surface area contributed by atoms with E-state index in [1.807, 2.05) is 0 Å². The lowest BCUT2D eigenvalue weighted by Crippen LogP contribution is -2.36. The van der Waals surface area contributed by atoms with Crippen molar-refractivity contribution < 1.29 is 14.7 Å². The number of carbonyl (C=O) groups excluding carboxylic acids is 2. The summed E-state index contributed by atoms with van der Waals surface area (Å²) in [5.41, 5.74) is 5.52. The molecule has 16 heavy (non-hydrogen) atoms. The van der Waals surface area contributed by atoms with Crippen molar-refractivity contribution in [3.63, 3.8) is 0 Å². The molecule has 0 unspecified atom stereocenters. The second-order valence-electron chi connectivity index (χ2n) is 3.08. The summed E-state index contributed by atoms with van der Waals surface area (Å²) in [6.07, 6.45) is 0. The molecule has 5 N–H and O–H groups in total. The van der Waals surface area contributed by atoms with Gasteiger partial charge in [-0.1, -0.05) is 6.07 Å². The lowest BCUT2D eigenvalue weighted by Gasteiger charge is -2.06. The monoisotopic (exact) mass is 223 g/mol. The van der Waals surface area contributed by atoms with Crippen LogP contribution in [0.1, 0.15) is 0 Å². The molecular weight excluding hydrogens is 210 g/mol. The minimum Gasteiger partial charge on any atom is -0.508 e. The minimum absolute atomic E-state index is 0.0591. The summed E-state index contributed by atoms with van der Waals surface area (Å²) < 4.78 is 0. The molecule has 0 aromatic heterocycles. The molecule has 0 saturated heterocycles. The van der Waals surface area contributed by atoms with Crippen LogP contribution in [0.4, 0.5) is 5.69 Å². The van der Waals surface area contributed by atoms with Crippen LogP contribution in [0.2, 0.25) is 0 Å². The number of benzene rings is 1. The van der Waals surface area contributed by atoms with Gasteiger partial charge >= 0.3 is 0 Å². The van der Waals surface area contributed by atoms with Crippen LogP contribution in [0.3, 0.4) is 0 Å². The smallest absolute Gasteiger partial charge is 0.243 e. The molecule has 0 aliphatic rings. The van der Waals surface area contributed by atoms with Gasteiger partial charge in [0.15, 0.2) is 0 Å². The molecule has 0 spiro atoms. The molecule has 0 aliphatic heterocycles. The zero-order chi connectivity index (χ0) is 12.0. The Morgan fingerprint density at radius 3 is 2.69 bits per heavy atom. The number of phenolic OH excluding ortho intramolecular Hbond substituents is 1. The van der Waals surface area contributed by atoms with Crippen molar-refractivity contribution in [3.8, 4) is 5.75 Å². The molecule has 0 fully saturated rings. The highest BCUT2D eigenvalue weighted by atomic mass is 16.3. The molecule has 0 atom stereocenters. The highest BCUT2D eigenvalue weighted by Crippen LogP contribution is 2.14. The predicted molar refractivity (Wildman–Crippen MR) is 58.8 cm³/mol. The van der Waals surface area contributed by atoms with E-state index in [9.17, 15) is 9.59 Å². The van der Waals surface area contributed by atoms with E-state index < -0.39 is 5.91 Å². The lowest BCUT2D eigenvalue weighted by atomic mass is 10.3. The SMILES string of the molecule is NCC(=O)NCC(=O)Nc1cccc(O)c1. The lowest BCUT2D eigenvalue weighted by molar-refractivity contribution is -0.123. The van der Waals surface area contributed by atoms with Gasteiger partial charge in [-0.15, -0.1) is 0 Å². The Morgan fingerprint density at radius 2 is 2.06 bits per heavy atom. The van der Waals surface area contributed by atoms with Crippen molar-refractivity contribution in [3.05, 3.63) is 24.3 Å². The molecule has 2 amide bonds. The highest BCUT2D eigenvalue weighted by molar-refractivity contribution is 5.94. The molecule has 86 valence electrons. The van der Waals surface area contributed by atoms with Crippen LogP contribution in [0.15, 0.2) is 24.3 Å². The first-order valence-corrected chi connectivity index (χ1v) is 4.67. The van der Waals surface area contributed by atoms with Crippen LogP contribution in [0, 0.1) is 0 Å². The summed E-state index contributed by atoms with van der Waals surface area (Å²) in [7, 11) is 0. The Balaban J connectivity index is 2.43. The van der Waals surface area contributed by atoms with E-state index in [-0.39, 0.29) is 24.7 Å². The van der Waals surface area contributed by atoms with Crippen molar-refractivity contribution in [2.45, 2.75) is 0 Å². The van der Waals surface area contributed by atoms with E-state index >= 15 is 0 Å². The minimum atomic E-state index is -0.397. The summed E-state index contributed by atoms with van der Waals surface area (Å²) >= 11 is 0. The normalized spacial score (nSPS) is 9.56. The number of rotatable bonds is 4. The number of carbonyl (C=O) groups is 2. The molecule has 1 aromatic carbocycles. The van der Waals surface area contributed by atoms with Crippen LogP contribution in [-0.2, 0) is 9.59 Å². The average molecular weight is 223 g/mol. The fraction of sp³-hybridized carbons (Fsp3) is 0.200. The summed E-state index contributed by atoms with van der Waals surface area (Å²) in [5.74, 6) is -0.720. The van der Waals surface area contributed by atoms with Crippen molar-refractivity contribution in [2.24, 2.45) is 5.73 Å². The first-order chi connectivity index (χ1) is 7.61. The molecule has 6 nitrogen and oxygen atoms in total. The van der Waals surface area contributed by atoms with Gasteiger partial charge < -0.3 is 21.5 Å². The van der Waals surface area contributed by atoms with Crippen LogP contribution in [0.25, 0.3) is 0 Å². The maximum Gasteiger partial charge on any atom is 0.243 e. The van der Waals surface area contributed by atoms with Gasteiger partial charge in [0.1, 0.15) is 5.75 Å². The molecule has 0 saturated carbocycles. The van der Waals surface area contributed by atoms with Crippen LogP contribution in [-0.4, -0.2) is 30.0 Å². The van der Waals surface area contributed by atoms with Crippen LogP contribution in [0.5, 0.6) is 5.75 Å². The fourth-order valence-corrected chi connectivity index (χ4v) is 1.04. The molecule has 0 heterocycles. The van der Waals surface area contributed by atoms with Crippen molar-refractivity contribution in [2.75, 3.05) is 18.4 Å². The molecule has 1 rings (SSSR count). The van der Waals surface area contributed by atoms with E-state index in [0.717, 1.165) is 0 Å². The van der Waals surface area contributed by atoms with Gasteiger partial charge in [-0.05, 0) is 12.1 Å². The van der Waals surface area contributed by atoms with Gasteiger partial charge in [-0.3, -0.25) is 9.59 Å². The van der Waals surface area contributed by atoms with Crippen molar-refractivity contribution >= 4 is 17.5 Å². The number of aromatic hydroxyl groups is 1. The number of hydrogen-bond donors (Lipinski definition) is 4. The van der Waals surface area contributed by atoms with Crippen molar-refractivity contribution in [1.29, 1.82) is 0 Å². The van der Waals surface area contributed by atoms with E-state index in [1.54, 1.807) is 12.1 Å². The van der Waals surface area contributed by atoms with E-state index in [0.29, 0.717) is 5.69 Å². The van der Waals surface area contributed by atoms with Gasteiger partial charge in [0.2, 0.25) is 11.8 Å². The van der Waals surface area contributed by atoms with E-state index in [1.165, 1.54) is 12.1 Å². The molecule has 0 aliphatic carbocycles. The standard InChI is InChI=1S/C10H13N3O3/c11-5-9(15)12-6-10(16)13-7-2-1-3-8(14)4-7/h1-4,14H,5-6,11H2,(H,12,15)(H,13,16). The van der Waals surface area contributed by atoms with Crippen molar-refractivity contribution in [1.82, 2.24) is 5.32 Å². The van der Waals surface area contributed by atoms with Gasteiger partial charge in [0.25, 0.3) is 0 Å². The Morgan fingerprint density at radius 1 is 1.31 bits per heavy atom. The van der Waals surface area contributed by atoms with Crippen LogP contribution < -0.4 is 16.4 Å². The largest absolute Gasteiger partial charge is 0.508 e. The first kappa shape index (κ1) is 12.0. The third-order valence-electron chi connectivity index (χ3n) is 1.76. The number of anilines is 1. The van der Waals surface area contributed by atoms with Gasteiger partial charge in [-0.25, -0.2) is 0 Å².